The number of hydrogen-bond donors (Lipinski definition) is 0. The third-order valence-electron chi connectivity index (χ3n) is 3.66. The average molecular weight is 327 g/mol. The highest BCUT2D eigenvalue weighted by Crippen LogP contribution is 2.17. The number of rotatable bonds is 7. The van der Waals surface area contributed by atoms with Crippen molar-refractivity contribution in [2.24, 2.45) is 0 Å². The van der Waals surface area contributed by atoms with Crippen molar-refractivity contribution in [1.29, 1.82) is 0 Å². The van der Waals surface area contributed by atoms with Gasteiger partial charge in [0.25, 0.3) is 5.89 Å². The molecule has 2 heterocycles. The highest BCUT2D eigenvalue weighted by Gasteiger charge is 2.16. The van der Waals surface area contributed by atoms with Crippen LogP contribution in [0.2, 0.25) is 0 Å². The molecule has 0 radical (unpaired) electrons. The molecular weight excluding hydrogens is 306 g/mol. The second-order valence-electron chi connectivity index (χ2n) is 5.89. The molecule has 0 aliphatic heterocycles. The van der Waals surface area contributed by atoms with Crippen LogP contribution in [0.5, 0.6) is 0 Å². The predicted molar refractivity (Wildman–Crippen MR) is 87.9 cm³/mol. The molecule has 0 atom stereocenters. The van der Waals surface area contributed by atoms with E-state index in [1.165, 1.54) is 0 Å². The van der Waals surface area contributed by atoms with Crippen LogP contribution in [0.3, 0.4) is 0 Å². The lowest BCUT2D eigenvalue weighted by Crippen LogP contribution is -2.23. The molecule has 24 heavy (non-hydrogen) atoms. The Morgan fingerprint density at radius 2 is 1.79 bits per heavy atom. The smallest absolute Gasteiger partial charge is 0.257 e. The molecule has 3 rings (SSSR count). The van der Waals surface area contributed by atoms with Crippen molar-refractivity contribution in [2.75, 3.05) is 6.54 Å². The van der Waals surface area contributed by atoms with Gasteiger partial charge in [-0.15, -0.1) is 0 Å². The molecule has 0 fully saturated rings. The summed E-state index contributed by atoms with van der Waals surface area (Å²) >= 11 is 0. The molecule has 0 unspecified atom stereocenters. The Morgan fingerprint density at radius 1 is 1.00 bits per heavy atom. The molecular formula is C17H21N5O2. The van der Waals surface area contributed by atoms with Crippen molar-refractivity contribution >= 4 is 0 Å². The molecule has 3 aromatic rings. The van der Waals surface area contributed by atoms with Gasteiger partial charge in [-0.3, -0.25) is 4.90 Å². The number of nitrogens with zero attached hydrogens (tertiary/aromatic N) is 5. The third kappa shape index (κ3) is 3.86. The Hall–Kier alpha value is -2.54. The summed E-state index contributed by atoms with van der Waals surface area (Å²) in [5.74, 6) is 2.75. The summed E-state index contributed by atoms with van der Waals surface area (Å²) < 4.78 is 10.6. The van der Waals surface area contributed by atoms with Crippen molar-refractivity contribution in [3.8, 4) is 11.5 Å². The van der Waals surface area contributed by atoms with Crippen LogP contribution in [0.15, 0.2) is 39.4 Å². The van der Waals surface area contributed by atoms with Gasteiger partial charge >= 0.3 is 0 Å². The molecule has 2 aromatic heterocycles. The average Bonchev–Trinajstić information content (AvgIpc) is 3.24. The molecule has 0 aliphatic rings. The number of benzene rings is 1. The highest BCUT2D eigenvalue weighted by atomic mass is 16.5. The minimum absolute atomic E-state index is 0.253. The van der Waals surface area contributed by atoms with Gasteiger partial charge in [0.15, 0.2) is 11.6 Å². The first kappa shape index (κ1) is 16.3. The van der Waals surface area contributed by atoms with Crippen LogP contribution >= 0.6 is 0 Å². The predicted octanol–water partition coefficient (Wildman–Crippen LogP) is 3.27. The van der Waals surface area contributed by atoms with Gasteiger partial charge in [0.05, 0.1) is 13.1 Å². The fourth-order valence-corrected chi connectivity index (χ4v) is 2.25. The Bertz CT molecular complexity index is 766. The molecule has 7 heteroatoms. The molecule has 0 aliphatic carbocycles. The fourth-order valence-electron chi connectivity index (χ4n) is 2.25. The van der Waals surface area contributed by atoms with Crippen LogP contribution in [-0.2, 0) is 13.1 Å². The van der Waals surface area contributed by atoms with Crippen LogP contribution in [-0.4, -0.2) is 31.7 Å². The van der Waals surface area contributed by atoms with E-state index in [4.69, 9.17) is 9.05 Å². The van der Waals surface area contributed by atoms with Crippen molar-refractivity contribution in [3.63, 3.8) is 0 Å². The lowest BCUT2D eigenvalue weighted by atomic mass is 10.2. The van der Waals surface area contributed by atoms with Gasteiger partial charge in [0, 0.05) is 11.5 Å². The molecule has 0 saturated heterocycles. The molecule has 0 bridgehead atoms. The molecule has 0 saturated carbocycles. The minimum atomic E-state index is 0.253. The second-order valence-corrected chi connectivity index (χ2v) is 5.89. The van der Waals surface area contributed by atoms with Gasteiger partial charge in [0.2, 0.25) is 5.89 Å². The summed E-state index contributed by atoms with van der Waals surface area (Å²) in [6.45, 7) is 8.08. The van der Waals surface area contributed by atoms with E-state index in [0.29, 0.717) is 30.7 Å². The zero-order valence-corrected chi connectivity index (χ0v) is 14.1. The quantitative estimate of drug-likeness (QED) is 0.658. The SMILES string of the molecule is CCN(Cc1noc(-c2ccccc2)n1)Cc1nc(C(C)C)no1. The monoisotopic (exact) mass is 327 g/mol. The van der Waals surface area contributed by atoms with E-state index in [1.807, 2.05) is 44.2 Å². The molecule has 0 N–H and O–H groups in total. The molecule has 126 valence electrons. The first-order valence-corrected chi connectivity index (χ1v) is 8.08. The van der Waals surface area contributed by atoms with E-state index >= 15 is 0 Å². The van der Waals surface area contributed by atoms with Crippen LogP contribution in [0.1, 0.15) is 44.2 Å². The van der Waals surface area contributed by atoms with Gasteiger partial charge in [0.1, 0.15) is 0 Å². The van der Waals surface area contributed by atoms with E-state index in [9.17, 15) is 0 Å². The maximum Gasteiger partial charge on any atom is 0.257 e. The van der Waals surface area contributed by atoms with Crippen LogP contribution in [0, 0.1) is 0 Å². The van der Waals surface area contributed by atoms with Crippen molar-refractivity contribution in [2.45, 2.75) is 39.8 Å². The van der Waals surface area contributed by atoms with Crippen LogP contribution < -0.4 is 0 Å². The number of aromatic nitrogens is 4. The van der Waals surface area contributed by atoms with Crippen molar-refractivity contribution < 1.29 is 9.05 Å². The Labute approximate surface area is 140 Å². The minimum Gasteiger partial charge on any atom is -0.338 e. The lowest BCUT2D eigenvalue weighted by Gasteiger charge is -2.15. The summed E-state index contributed by atoms with van der Waals surface area (Å²) in [5, 5.41) is 8.05. The summed E-state index contributed by atoms with van der Waals surface area (Å²) in [5.41, 5.74) is 0.915. The Morgan fingerprint density at radius 3 is 2.46 bits per heavy atom. The maximum atomic E-state index is 5.34. The topological polar surface area (TPSA) is 81.1 Å². The van der Waals surface area contributed by atoms with Gasteiger partial charge in [-0.05, 0) is 18.7 Å². The van der Waals surface area contributed by atoms with E-state index in [2.05, 4.69) is 32.1 Å². The van der Waals surface area contributed by atoms with Gasteiger partial charge in [-0.2, -0.15) is 9.97 Å². The zero-order valence-electron chi connectivity index (χ0n) is 14.1. The van der Waals surface area contributed by atoms with Crippen molar-refractivity contribution in [3.05, 3.63) is 47.9 Å². The summed E-state index contributed by atoms with van der Waals surface area (Å²) in [4.78, 5) is 11.0. The Kier molecular flexibility index (Phi) is 5.00. The fraction of sp³-hybridized carbons (Fsp3) is 0.412. The summed E-state index contributed by atoms with van der Waals surface area (Å²) in [7, 11) is 0. The van der Waals surface area contributed by atoms with E-state index in [-0.39, 0.29) is 5.92 Å². The van der Waals surface area contributed by atoms with E-state index < -0.39 is 0 Å². The standard InChI is InChI=1S/C17H21N5O2/c1-4-22(11-15-19-16(12(2)3)21-23-15)10-14-18-17(24-20-14)13-8-6-5-7-9-13/h5-9,12H,4,10-11H2,1-3H3. The van der Waals surface area contributed by atoms with Crippen LogP contribution in [0.25, 0.3) is 11.5 Å². The maximum absolute atomic E-state index is 5.34. The van der Waals surface area contributed by atoms with Gasteiger partial charge in [-0.25, -0.2) is 0 Å². The lowest BCUT2D eigenvalue weighted by molar-refractivity contribution is 0.221. The normalized spacial score (nSPS) is 11.5. The van der Waals surface area contributed by atoms with E-state index in [1.54, 1.807) is 0 Å². The van der Waals surface area contributed by atoms with E-state index in [0.717, 1.165) is 17.9 Å². The molecule has 0 amide bonds. The van der Waals surface area contributed by atoms with Crippen LogP contribution in [0.4, 0.5) is 0 Å². The second kappa shape index (κ2) is 7.35. The first-order chi connectivity index (χ1) is 11.7. The van der Waals surface area contributed by atoms with Crippen molar-refractivity contribution in [1.82, 2.24) is 25.2 Å². The Balaban J connectivity index is 1.66. The summed E-state index contributed by atoms with van der Waals surface area (Å²) in [6, 6.07) is 9.73. The zero-order chi connectivity index (χ0) is 16.9. The van der Waals surface area contributed by atoms with Gasteiger partial charge in [-0.1, -0.05) is 49.3 Å². The highest BCUT2D eigenvalue weighted by molar-refractivity contribution is 5.51. The first-order valence-electron chi connectivity index (χ1n) is 8.08. The summed E-state index contributed by atoms with van der Waals surface area (Å²) in [6.07, 6.45) is 0. The largest absolute Gasteiger partial charge is 0.338 e. The molecule has 1 aromatic carbocycles. The number of hydrogen-bond acceptors (Lipinski definition) is 7. The van der Waals surface area contributed by atoms with Gasteiger partial charge < -0.3 is 9.05 Å². The third-order valence-corrected chi connectivity index (χ3v) is 3.66. The molecule has 0 spiro atoms. The molecule has 7 nitrogen and oxygen atoms in total.